The molecule has 0 radical (unpaired) electrons. The molecule has 0 bridgehead atoms. The number of nitrogens with zero attached hydrogens (tertiary/aromatic N) is 2. The lowest BCUT2D eigenvalue weighted by molar-refractivity contribution is 0.191. The van der Waals surface area contributed by atoms with Gasteiger partial charge in [-0.25, -0.2) is 9.37 Å². The van der Waals surface area contributed by atoms with Crippen LogP contribution in [-0.2, 0) is 6.54 Å². The monoisotopic (exact) mass is 313 g/mol. The van der Waals surface area contributed by atoms with E-state index in [-0.39, 0.29) is 11.4 Å². The fraction of sp³-hybridized carbons (Fsp3) is 0.444. The summed E-state index contributed by atoms with van der Waals surface area (Å²) < 4.78 is 13.1. The number of H-pyrrole nitrogens is 1. The van der Waals surface area contributed by atoms with Crippen LogP contribution in [0.25, 0.3) is 0 Å². The fourth-order valence-electron chi connectivity index (χ4n) is 4.17. The molecule has 23 heavy (non-hydrogen) atoms. The maximum Gasteiger partial charge on any atom is 0.251 e. The number of halogens is 1. The van der Waals surface area contributed by atoms with Crippen LogP contribution in [0, 0.1) is 24.6 Å². The van der Waals surface area contributed by atoms with Crippen molar-refractivity contribution in [3.63, 3.8) is 0 Å². The van der Waals surface area contributed by atoms with Crippen LogP contribution in [0.15, 0.2) is 35.1 Å². The highest BCUT2D eigenvalue weighted by Crippen LogP contribution is 2.51. The van der Waals surface area contributed by atoms with E-state index in [1.54, 1.807) is 18.2 Å². The Morgan fingerprint density at radius 1 is 1.30 bits per heavy atom. The van der Waals surface area contributed by atoms with Crippen LogP contribution in [-0.4, -0.2) is 28.0 Å². The summed E-state index contributed by atoms with van der Waals surface area (Å²) in [5.41, 5.74) is 2.00. The predicted octanol–water partition coefficient (Wildman–Crippen LogP) is 2.45. The van der Waals surface area contributed by atoms with E-state index in [1.807, 2.05) is 19.1 Å². The van der Waals surface area contributed by atoms with E-state index < -0.39 is 0 Å². The number of likely N-dealkylation sites (tertiary alicyclic amines) is 1. The summed E-state index contributed by atoms with van der Waals surface area (Å²) in [5.74, 6) is 2.39. The molecular weight excluding hydrogens is 293 g/mol. The van der Waals surface area contributed by atoms with Gasteiger partial charge in [0.15, 0.2) is 0 Å². The molecule has 1 aromatic carbocycles. The third-order valence-corrected chi connectivity index (χ3v) is 5.24. The average molecular weight is 313 g/mol. The quantitative estimate of drug-likeness (QED) is 0.947. The minimum absolute atomic E-state index is 0.0844. The maximum atomic E-state index is 13.1. The zero-order valence-electron chi connectivity index (χ0n) is 13.1. The van der Waals surface area contributed by atoms with Crippen molar-refractivity contribution in [2.75, 3.05) is 13.1 Å². The van der Waals surface area contributed by atoms with E-state index in [2.05, 4.69) is 14.9 Å². The minimum Gasteiger partial charge on any atom is -0.311 e. The molecule has 2 heterocycles. The van der Waals surface area contributed by atoms with Gasteiger partial charge in [0.2, 0.25) is 0 Å². The summed E-state index contributed by atoms with van der Waals surface area (Å²) >= 11 is 0. The predicted molar refractivity (Wildman–Crippen MR) is 85.6 cm³/mol. The zero-order chi connectivity index (χ0) is 16.0. The molecule has 4 rings (SSSR count). The van der Waals surface area contributed by atoms with Gasteiger partial charge in [0, 0.05) is 25.7 Å². The molecule has 1 aromatic heterocycles. The first-order valence-corrected chi connectivity index (χ1v) is 8.13. The summed E-state index contributed by atoms with van der Waals surface area (Å²) in [5, 5.41) is 0. The minimum atomic E-state index is -0.173. The Kier molecular flexibility index (Phi) is 3.53. The molecule has 3 atom stereocenters. The first-order valence-electron chi connectivity index (χ1n) is 8.13. The molecule has 1 aliphatic carbocycles. The lowest BCUT2D eigenvalue weighted by Gasteiger charge is -2.40. The second kappa shape index (κ2) is 5.57. The molecule has 1 aliphatic heterocycles. The van der Waals surface area contributed by atoms with Gasteiger partial charge in [-0.05, 0) is 48.8 Å². The van der Waals surface area contributed by atoms with E-state index >= 15 is 0 Å². The summed E-state index contributed by atoms with van der Waals surface area (Å²) in [4.78, 5) is 21.0. The Bertz CT molecular complexity index is 771. The van der Waals surface area contributed by atoms with Crippen molar-refractivity contribution in [1.82, 2.24) is 14.9 Å². The number of benzene rings is 1. The number of aryl methyl sites for hydroxylation is 1. The molecule has 1 saturated heterocycles. The third-order valence-electron chi connectivity index (χ3n) is 5.24. The second-order valence-electron chi connectivity index (χ2n) is 6.83. The van der Waals surface area contributed by atoms with E-state index in [4.69, 9.17) is 0 Å². The van der Waals surface area contributed by atoms with Crippen LogP contribution in [0.5, 0.6) is 0 Å². The van der Waals surface area contributed by atoms with Gasteiger partial charge in [-0.15, -0.1) is 0 Å². The molecule has 4 nitrogen and oxygen atoms in total. The Morgan fingerprint density at radius 3 is 2.83 bits per heavy atom. The van der Waals surface area contributed by atoms with E-state index in [0.29, 0.717) is 23.6 Å². The molecule has 3 unspecified atom stereocenters. The average Bonchev–Trinajstić information content (AvgIpc) is 2.77. The summed E-state index contributed by atoms with van der Waals surface area (Å²) in [6.07, 6.45) is 1.18. The molecule has 5 heteroatoms. The molecule has 1 saturated carbocycles. The molecule has 120 valence electrons. The van der Waals surface area contributed by atoms with Crippen LogP contribution < -0.4 is 5.56 Å². The zero-order valence-corrected chi connectivity index (χ0v) is 13.1. The van der Waals surface area contributed by atoms with Gasteiger partial charge in [-0.1, -0.05) is 12.1 Å². The Hall–Kier alpha value is -2.01. The molecule has 2 aliphatic rings. The second-order valence-corrected chi connectivity index (χ2v) is 6.83. The highest BCUT2D eigenvalue weighted by molar-refractivity contribution is 5.25. The van der Waals surface area contributed by atoms with Gasteiger partial charge in [-0.3, -0.25) is 9.69 Å². The topological polar surface area (TPSA) is 49.0 Å². The van der Waals surface area contributed by atoms with Gasteiger partial charge in [0.25, 0.3) is 5.56 Å². The number of aromatic amines is 1. The SMILES string of the molecule is Cc1nc(CN2CC3CC(c4ccc(F)cc4)C3C2)cc(=O)[nH]1. The van der Waals surface area contributed by atoms with Crippen molar-refractivity contribution in [2.24, 2.45) is 11.8 Å². The lowest BCUT2D eigenvalue weighted by Crippen LogP contribution is -2.33. The van der Waals surface area contributed by atoms with Crippen LogP contribution >= 0.6 is 0 Å². The van der Waals surface area contributed by atoms with Gasteiger partial charge >= 0.3 is 0 Å². The molecular formula is C18H20FN3O. The van der Waals surface area contributed by atoms with E-state index in [9.17, 15) is 9.18 Å². The number of fused-ring (bicyclic) bond motifs is 1. The normalized spacial score (nSPS) is 26.8. The van der Waals surface area contributed by atoms with Crippen LogP contribution in [0.2, 0.25) is 0 Å². The number of aromatic nitrogens is 2. The van der Waals surface area contributed by atoms with Crippen LogP contribution in [0.1, 0.15) is 29.4 Å². The van der Waals surface area contributed by atoms with Crippen LogP contribution in [0.4, 0.5) is 4.39 Å². The molecule has 2 aromatic rings. The fourth-order valence-corrected chi connectivity index (χ4v) is 4.17. The van der Waals surface area contributed by atoms with Crippen molar-refractivity contribution in [2.45, 2.75) is 25.8 Å². The third kappa shape index (κ3) is 2.81. The van der Waals surface area contributed by atoms with E-state index in [1.165, 1.54) is 12.0 Å². The van der Waals surface area contributed by atoms with Gasteiger partial charge in [0.05, 0.1) is 5.69 Å². The van der Waals surface area contributed by atoms with Crippen molar-refractivity contribution in [1.29, 1.82) is 0 Å². The molecule has 0 amide bonds. The standard InChI is InChI=1S/C18H20FN3O/c1-11-20-15(7-18(23)21-11)9-22-8-13-6-16(17(13)10-22)12-2-4-14(19)5-3-12/h2-5,7,13,16-17H,6,8-10H2,1H3,(H,20,21,23). The van der Waals surface area contributed by atoms with Crippen molar-refractivity contribution in [3.05, 3.63) is 63.6 Å². The Labute approximate surface area is 134 Å². The lowest BCUT2D eigenvalue weighted by atomic mass is 9.64. The maximum absolute atomic E-state index is 13.1. The Balaban J connectivity index is 1.43. The van der Waals surface area contributed by atoms with Gasteiger partial charge < -0.3 is 4.98 Å². The van der Waals surface area contributed by atoms with E-state index in [0.717, 1.165) is 25.3 Å². The van der Waals surface area contributed by atoms with Crippen molar-refractivity contribution < 1.29 is 4.39 Å². The largest absolute Gasteiger partial charge is 0.311 e. The van der Waals surface area contributed by atoms with Gasteiger partial charge in [0.1, 0.15) is 11.6 Å². The highest BCUT2D eigenvalue weighted by atomic mass is 19.1. The smallest absolute Gasteiger partial charge is 0.251 e. The summed E-state index contributed by atoms with van der Waals surface area (Å²) in [6.45, 7) is 4.63. The Morgan fingerprint density at radius 2 is 2.09 bits per heavy atom. The van der Waals surface area contributed by atoms with Crippen molar-refractivity contribution in [3.8, 4) is 0 Å². The number of rotatable bonds is 3. The van der Waals surface area contributed by atoms with Gasteiger partial charge in [-0.2, -0.15) is 0 Å². The summed E-state index contributed by atoms with van der Waals surface area (Å²) in [7, 11) is 0. The molecule has 0 spiro atoms. The number of hydrogen-bond acceptors (Lipinski definition) is 3. The molecule has 2 fully saturated rings. The van der Waals surface area contributed by atoms with Crippen molar-refractivity contribution >= 4 is 0 Å². The highest BCUT2D eigenvalue weighted by Gasteiger charge is 2.47. The first kappa shape index (κ1) is 14.6. The first-order chi connectivity index (χ1) is 11.1. The summed E-state index contributed by atoms with van der Waals surface area (Å²) in [6, 6.07) is 8.53. The number of nitrogens with one attached hydrogen (secondary N) is 1. The van der Waals surface area contributed by atoms with Crippen LogP contribution in [0.3, 0.4) is 0 Å². The number of hydrogen-bond donors (Lipinski definition) is 1. The molecule has 1 N–H and O–H groups in total.